The van der Waals surface area contributed by atoms with Gasteiger partial charge in [0.1, 0.15) is 18.2 Å². The molecule has 1 amide bonds. The van der Waals surface area contributed by atoms with Crippen LogP contribution in [0.5, 0.6) is 0 Å². The van der Waals surface area contributed by atoms with Gasteiger partial charge in [0.05, 0.1) is 17.6 Å². The summed E-state index contributed by atoms with van der Waals surface area (Å²) in [5.41, 5.74) is 0.530. The highest BCUT2D eigenvalue weighted by molar-refractivity contribution is 6.31. The highest BCUT2D eigenvalue weighted by atomic mass is 35.5. The van der Waals surface area contributed by atoms with Crippen molar-refractivity contribution in [1.29, 1.82) is 0 Å². The van der Waals surface area contributed by atoms with E-state index >= 15 is 0 Å². The Morgan fingerprint density at radius 2 is 1.91 bits per heavy atom. The van der Waals surface area contributed by atoms with E-state index in [-0.39, 0.29) is 24.7 Å². The molecule has 0 saturated heterocycles. The standard InChI is InChI=1S/C23H24ClF3N4O2/c1-31(13-17-7-4-8-19(25)22(17)24)18(11-28-12-20(26)27)14-33-23(32)30-21-9-15-5-2-3-6-16(15)10-29-21/h2-10,18,20,28H,11-14H2,1H3,(H,29,30,32)/t18-/m0/s1. The lowest BCUT2D eigenvalue weighted by Crippen LogP contribution is -2.44. The van der Waals surface area contributed by atoms with Crippen molar-refractivity contribution >= 4 is 34.3 Å². The number of nitrogens with zero attached hydrogens (tertiary/aromatic N) is 2. The second-order valence-corrected chi connectivity index (χ2v) is 7.85. The van der Waals surface area contributed by atoms with Crippen LogP contribution in [0.2, 0.25) is 5.02 Å². The molecule has 0 spiro atoms. The van der Waals surface area contributed by atoms with Crippen molar-refractivity contribution in [3.8, 4) is 0 Å². The third kappa shape index (κ3) is 7.31. The first kappa shape index (κ1) is 24.8. The molecule has 2 N–H and O–H groups in total. The van der Waals surface area contributed by atoms with Crippen molar-refractivity contribution in [2.45, 2.75) is 19.0 Å². The van der Waals surface area contributed by atoms with Crippen LogP contribution in [-0.2, 0) is 11.3 Å². The van der Waals surface area contributed by atoms with Crippen LogP contribution < -0.4 is 10.6 Å². The molecule has 0 aliphatic rings. The third-order valence-corrected chi connectivity index (χ3v) is 5.44. The summed E-state index contributed by atoms with van der Waals surface area (Å²) in [4.78, 5) is 18.2. The molecule has 10 heteroatoms. The number of alkyl halides is 2. The van der Waals surface area contributed by atoms with Gasteiger partial charge < -0.3 is 10.1 Å². The number of carbonyl (C=O) groups excluding carboxylic acids is 1. The van der Waals surface area contributed by atoms with Crippen molar-refractivity contribution in [3.63, 3.8) is 0 Å². The normalized spacial score (nSPS) is 12.3. The Hall–Kier alpha value is -2.88. The number of benzene rings is 2. The van der Waals surface area contributed by atoms with Gasteiger partial charge >= 0.3 is 6.09 Å². The number of likely N-dealkylation sites (N-methyl/N-ethyl adjacent to an activating group) is 1. The lowest BCUT2D eigenvalue weighted by molar-refractivity contribution is 0.0994. The first-order chi connectivity index (χ1) is 15.8. The van der Waals surface area contributed by atoms with E-state index in [1.54, 1.807) is 30.3 Å². The maximum Gasteiger partial charge on any atom is 0.412 e. The molecule has 0 aliphatic heterocycles. The number of pyridine rings is 1. The molecule has 0 bridgehead atoms. The van der Waals surface area contributed by atoms with Gasteiger partial charge in [0, 0.05) is 24.7 Å². The fourth-order valence-corrected chi connectivity index (χ4v) is 3.42. The van der Waals surface area contributed by atoms with E-state index in [1.807, 2.05) is 24.3 Å². The van der Waals surface area contributed by atoms with E-state index in [9.17, 15) is 18.0 Å². The molecule has 3 rings (SSSR count). The van der Waals surface area contributed by atoms with Crippen LogP contribution in [0, 0.1) is 5.82 Å². The average molecular weight is 481 g/mol. The number of ether oxygens (including phenoxy) is 1. The monoisotopic (exact) mass is 480 g/mol. The molecule has 176 valence electrons. The SMILES string of the molecule is CN(Cc1cccc(F)c1Cl)[C@@H](CNCC(F)F)COC(=O)Nc1cc2ccccc2cn1. The summed E-state index contributed by atoms with van der Waals surface area (Å²) in [6.45, 7) is -0.249. The molecule has 1 atom stereocenters. The summed E-state index contributed by atoms with van der Waals surface area (Å²) in [5, 5.41) is 7.04. The number of halogens is 4. The number of hydrogen-bond donors (Lipinski definition) is 2. The van der Waals surface area contributed by atoms with E-state index < -0.39 is 30.9 Å². The van der Waals surface area contributed by atoms with Gasteiger partial charge in [-0.2, -0.15) is 0 Å². The molecule has 33 heavy (non-hydrogen) atoms. The Kier molecular flexibility index (Phi) is 8.87. The van der Waals surface area contributed by atoms with E-state index in [1.165, 1.54) is 12.1 Å². The zero-order valence-electron chi connectivity index (χ0n) is 17.9. The van der Waals surface area contributed by atoms with E-state index in [0.29, 0.717) is 11.4 Å². The number of anilines is 1. The number of carbonyl (C=O) groups is 1. The van der Waals surface area contributed by atoms with E-state index in [4.69, 9.17) is 16.3 Å². The Bertz CT molecular complexity index is 1090. The van der Waals surface area contributed by atoms with Gasteiger partial charge in [-0.25, -0.2) is 22.9 Å². The first-order valence-electron chi connectivity index (χ1n) is 10.2. The third-order valence-electron chi connectivity index (χ3n) is 5.02. The first-order valence-corrected chi connectivity index (χ1v) is 10.6. The van der Waals surface area contributed by atoms with Gasteiger partial charge in [-0.3, -0.25) is 10.2 Å². The van der Waals surface area contributed by atoms with Crippen LogP contribution in [0.15, 0.2) is 54.7 Å². The highest BCUT2D eigenvalue weighted by Crippen LogP contribution is 2.21. The molecule has 1 heterocycles. The minimum Gasteiger partial charge on any atom is -0.448 e. The molecular formula is C23H24ClF3N4O2. The van der Waals surface area contributed by atoms with Crippen molar-refractivity contribution in [1.82, 2.24) is 15.2 Å². The van der Waals surface area contributed by atoms with Crippen LogP contribution in [0.4, 0.5) is 23.8 Å². The van der Waals surface area contributed by atoms with Gasteiger partial charge in [0.25, 0.3) is 6.43 Å². The number of aromatic nitrogens is 1. The van der Waals surface area contributed by atoms with Crippen molar-refractivity contribution in [2.24, 2.45) is 0 Å². The summed E-state index contributed by atoms with van der Waals surface area (Å²) >= 11 is 6.03. The Morgan fingerprint density at radius 3 is 2.67 bits per heavy atom. The van der Waals surface area contributed by atoms with Crippen LogP contribution in [0.1, 0.15) is 5.56 Å². The molecule has 0 aliphatic carbocycles. The lowest BCUT2D eigenvalue weighted by atomic mass is 10.1. The number of nitrogens with one attached hydrogen (secondary N) is 2. The quantitative estimate of drug-likeness (QED) is 0.430. The zero-order valence-corrected chi connectivity index (χ0v) is 18.7. The van der Waals surface area contributed by atoms with Gasteiger partial charge in [-0.15, -0.1) is 0 Å². The van der Waals surface area contributed by atoms with Crippen LogP contribution in [0.3, 0.4) is 0 Å². The zero-order chi connectivity index (χ0) is 23.8. The van der Waals surface area contributed by atoms with Gasteiger partial charge in [-0.05, 0) is 30.1 Å². The molecule has 1 aromatic heterocycles. The molecule has 0 saturated carbocycles. The van der Waals surface area contributed by atoms with E-state index in [0.717, 1.165) is 10.8 Å². The summed E-state index contributed by atoms with van der Waals surface area (Å²) in [6, 6.07) is 13.3. The fraction of sp³-hybridized carbons (Fsp3) is 0.304. The molecule has 3 aromatic rings. The largest absolute Gasteiger partial charge is 0.448 e. The predicted octanol–water partition coefficient (Wildman–Crippen LogP) is 4.93. The van der Waals surface area contributed by atoms with E-state index in [2.05, 4.69) is 15.6 Å². The second kappa shape index (κ2) is 11.8. The van der Waals surface area contributed by atoms with Crippen LogP contribution >= 0.6 is 11.6 Å². The highest BCUT2D eigenvalue weighted by Gasteiger charge is 2.20. The van der Waals surface area contributed by atoms with Gasteiger partial charge in [0.2, 0.25) is 0 Å². The molecule has 0 unspecified atom stereocenters. The number of fused-ring (bicyclic) bond motifs is 1. The molecule has 0 fully saturated rings. The minimum absolute atomic E-state index is 0.00956. The van der Waals surface area contributed by atoms with Crippen LogP contribution in [0.25, 0.3) is 10.8 Å². The van der Waals surface area contributed by atoms with Crippen molar-refractivity contribution in [2.75, 3.05) is 32.1 Å². The maximum atomic E-state index is 13.8. The molecule has 0 radical (unpaired) electrons. The topological polar surface area (TPSA) is 66.5 Å². The molecule has 2 aromatic carbocycles. The number of hydrogen-bond acceptors (Lipinski definition) is 5. The van der Waals surface area contributed by atoms with Gasteiger partial charge in [-0.1, -0.05) is 48.0 Å². The van der Waals surface area contributed by atoms with Crippen molar-refractivity contribution in [3.05, 3.63) is 71.1 Å². The van der Waals surface area contributed by atoms with Crippen LogP contribution in [-0.4, -0.2) is 55.2 Å². The summed E-state index contributed by atoms with van der Waals surface area (Å²) in [5.74, 6) is -0.223. The minimum atomic E-state index is -2.52. The maximum absolute atomic E-state index is 13.8. The lowest BCUT2D eigenvalue weighted by Gasteiger charge is -2.28. The molecule has 6 nitrogen and oxygen atoms in total. The Labute approximate surface area is 194 Å². The second-order valence-electron chi connectivity index (χ2n) is 7.47. The fourth-order valence-electron chi connectivity index (χ4n) is 3.23. The summed E-state index contributed by atoms with van der Waals surface area (Å²) in [6.07, 6.45) is -1.61. The summed E-state index contributed by atoms with van der Waals surface area (Å²) < 4.78 is 44.2. The number of rotatable bonds is 10. The average Bonchev–Trinajstić information content (AvgIpc) is 2.78. The van der Waals surface area contributed by atoms with Gasteiger partial charge in [0.15, 0.2) is 0 Å². The smallest absolute Gasteiger partial charge is 0.412 e. The molecular weight excluding hydrogens is 457 g/mol. The predicted molar refractivity (Wildman–Crippen MR) is 122 cm³/mol. The summed E-state index contributed by atoms with van der Waals surface area (Å²) in [7, 11) is 1.71. The number of amides is 1. The Morgan fingerprint density at radius 1 is 1.15 bits per heavy atom. The van der Waals surface area contributed by atoms with Crippen molar-refractivity contribution < 1.29 is 22.7 Å². The Balaban J connectivity index is 1.61.